The van der Waals surface area contributed by atoms with E-state index in [2.05, 4.69) is 15.6 Å². The van der Waals surface area contributed by atoms with Gasteiger partial charge in [-0.2, -0.15) is 5.26 Å². The maximum atomic E-state index is 13.4. The Hall–Kier alpha value is -4.22. The zero-order valence-electron chi connectivity index (χ0n) is 21.1. The molecule has 0 spiro atoms. The second-order valence-electron chi connectivity index (χ2n) is 8.34. The number of halogens is 2. The van der Waals surface area contributed by atoms with Gasteiger partial charge in [0.1, 0.15) is 22.3 Å². The van der Waals surface area contributed by atoms with E-state index >= 15 is 0 Å². The van der Waals surface area contributed by atoms with E-state index < -0.39 is 23.2 Å². The molecule has 0 saturated carbocycles. The Morgan fingerprint density at radius 3 is 2.35 bits per heavy atom. The van der Waals surface area contributed by atoms with Gasteiger partial charge in [0.15, 0.2) is 0 Å². The predicted molar refractivity (Wildman–Crippen MR) is 142 cm³/mol. The lowest BCUT2D eigenvalue weighted by Crippen LogP contribution is -2.42. The summed E-state index contributed by atoms with van der Waals surface area (Å²) in [4.78, 5) is 29.8. The molecule has 0 radical (unpaired) electrons. The van der Waals surface area contributed by atoms with Crippen LogP contribution in [0, 0.1) is 17.1 Å². The van der Waals surface area contributed by atoms with E-state index in [-0.39, 0.29) is 22.2 Å². The molecule has 0 bridgehead atoms. The van der Waals surface area contributed by atoms with Gasteiger partial charge in [-0.25, -0.2) is 9.37 Å². The Morgan fingerprint density at radius 2 is 1.73 bits per heavy atom. The van der Waals surface area contributed by atoms with Crippen LogP contribution in [0.4, 0.5) is 4.39 Å². The Kier molecular flexibility index (Phi) is 8.31. The summed E-state index contributed by atoms with van der Waals surface area (Å²) < 4.78 is 19.3. The summed E-state index contributed by atoms with van der Waals surface area (Å²) in [5.41, 5.74) is 1.21. The highest BCUT2D eigenvalue weighted by atomic mass is 35.5. The fourth-order valence-corrected chi connectivity index (χ4v) is 3.81. The third kappa shape index (κ3) is 5.79. The fourth-order valence-electron chi connectivity index (χ4n) is 3.57. The maximum absolute atomic E-state index is 13.4. The lowest BCUT2D eigenvalue weighted by Gasteiger charge is -2.17. The molecule has 2 heterocycles. The maximum Gasteiger partial charge on any atom is 0.255 e. The quantitative estimate of drug-likeness (QED) is 0.297. The lowest BCUT2D eigenvalue weighted by molar-refractivity contribution is 0.0927. The van der Waals surface area contributed by atoms with Gasteiger partial charge in [0.25, 0.3) is 11.8 Å². The molecule has 0 fully saturated rings. The number of nitrogens with one attached hydrogen (secondary N) is 2. The number of hydrogen-bond acceptors (Lipinski definition) is 5. The molecule has 0 unspecified atom stereocenters. The average molecular weight is 521 g/mol. The highest BCUT2D eigenvalue weighted by molar-refractivity contribution is 6.32. The molecular formula is C28H26ClFN4O3. The molecule has 4 rings (SSSR count). The van der Waals surface area contributed by atoms with Crippen molar-refractivity contribution in [2.75, 3.05) is 7.05 Å². The van der Waals surface area contributed by atoms with E-state index in [0.29, 0.717) is 27.6 Å². The first-order valence-electron chi connectivity index (χ1n) is 11.6. The molecule has 190 valence electrons. The van der Waals surface area contributed by atoms with Crippen LogP contribution in [0.2, 0.25) is 5.15 Å². The van der Waals surface area contributed by atoms with Crippen molar-refractivity contribution in [2.24, 2.45) is 0 Å². The summed E-state index contributed by atoms with van der Waals surface area (Å²) in [5, 5.41) is 15.0. The van der Waals surface area contributed by atoms with Crippen LogP contribution in [-0.4, -0.2) is 29.4 Å². The van der Waals surface area contributed by atoms with Gasteiger partial charge in [0, 0.05) is 23.7 Å². The first-order chi connectivity index (χ1) is 17.6. The highest BCUT2D eigenvalue weighted by Gasteiger charge is 2.25. The van der Waals surface area contributed by atoms with Crippen LogP contribution in [0.15, 0.2) is 59.0 Å². The Balaban J connectivity index is 0.00000186. The van der Waals surface area contributed by atoms with E-state index in [1.807, 2.05) is 19.9 Å². The monoisotopic (exact) mass is 520 g/mol. The summed E-state index contributed by atoms with van der Waals surface area (Å²) in [7, 11) is 1.49. The number of rotatable bonds is 5. The number of nitrogens with zero attached hydrogens (tertiary/aromatic N) is 2. The SMILES string of the molecule is CC.CNC(=O)c1c(-c2ccc(F)cc2)oc2nc(Cl)c(-c3cccc(C(=O)NC(C)(C)C#N)c3)cc12. The Morgan fingerprint density at radius 1 is 1.05 bits per heavy atom. The van der Waals surface area contributed by atoms with Crippen molar-refractivity contribution in [1.82, 2.24) is 15.6 Å². The van der Waals surface area contributed by atoms with E-state index in [4.69, 9.17) is 16.0 Å². The Labute approximate surface area is 219 Å². The number of amides is 2. The number of carbonyl (C=O) groups is 2. The van der Waals surface area contributed by atoms with Gasteiger partial charge in [0.05, 0.1) is 17.0 Å². The minimum atomic E-state index is -1.04. The van der Waals surface area contributed by atoms with Crippen molar-refractivity contribution in [3.8, 4) is 28.5 Å². The summed E-state index contributed by atoms with van der Waals surface area (Å²) >= 11 is 6.48. The van der Waals surface area contributed by atoms with Crippen molar-refractivity contribution in [3.63, 3.8) is 0 Å². The minimum Gasteiger partial charge on any atom is -0.437 e. The molecule has 0 aliphatic carbocycles. The largest absolute Gasteiger partial charge is 0.437 e. The van der Waals surface area contributed by atoms with Gasteiger partial charge < -0.3 is 15.1 Å². The second-order valence-corrected chi connectivity index (χ2v) is 8.70. The highest BCUT2D eigenvalue weighted by Crippen LogP contribution is 2.37. The molecule has 7 nitrogen and oxygen atoms in total. The van der Waals surface area contributed by atoms with Gasteiger partial charge in [-0.15, -0.1) is 0 Å². The van der Waals surface area contributed by atoms with Crippen LogP contribution in [0.3, 0.4) is 0 Å². The number of furan rings is 1. The summed E-state index contributed by atoms with van der Waals surface area (Å²) in [6.45, 7) is 7.20. The molecule has 9 heteroatoms. The fraction of sp³-hybridized carbons (Fsp3) is 0.214. The average Bonchev–Trinajstić information content (AvgIpc) is 3.27. The van der Waals surface area contributed by atoms with Crippen molar-refractivity contribution in [3.05, 3.63) is 76.7 Å². The van der Waals surface area contributed by atoms with Crippen LogP contribution in [0.25, 0.3) is 33.6 Å². The van der Waals surface area contributed by atoms with Gasteiger partial charge >= 0.3 is 0 Å². The van der Waals surface area contributed by atoms with Crippen molar-refractivity contribution >= 4 is 34.5 Å². The molecule has 0 saturated heterocycles. The predicted octanol–water partition coefficient (Wildman–Crippen LogP) is 6.37. The molecule has 2 amide bonds. The van der Waals surface area contributed by atoms with E-state index in [1.54, 1.807) is 44.2 Å². The number of hydrogen-bond donors (Lipinski definition) is 2. The molecule has 4 aromatic rings. The van der Waals surface area contributed by atoms with Crippen LogP contribution >= 0.6 is 11.6 Å². The number of carbonyl (C=O) groups excluding carboxylic acids is 2. The molecule has 0 aliphatic rings. The van der Waals surface area contributed by atoms with Crippen LogP contribution in [-0.2, 0) is 0 Å². The normalized spacial score (nSPS) is 10.8. The van der Waals surface area contributed by atoms with Crippen molar-refractivity contribution in [1.29, 1.82) is 5.26 Å². The zero-order valence-corrected chi connectivity index (χ0v) is 21.8. The molecule has 2 aromatic heterocycles. The van der Waals surface area contributed by atoms with Crippen molar-refractivity contribution in [2.45, 2.75) is 33.2 Å². The topological polar surface area (TPSA) is 108 Å². The third-order valence-corrected chi connectivity index (χ3v) is 5.63. The molecular weight excluding hydrogens is 495 g/mol. The van der Waals surface area contributed by atoms with Gasteiger partial charge in [-0.3, -0.25) is 9.59 Å². The molecule has 2 N–H and O–H groups in total. The summed E-state index contributed by atoms with van der Waals surface area (Å²) in [6.07, 6.45) is 0. The lowest BCUT2D eigenvalue weighted by atomic mass is 10.0. The molecule has 37 heavy (non-hydrogen) atoms. The second kappa shape index (κ2) is 11.2. The van der Waals surface area contributed by atoms with Crippen molar-refractivity contribution < 1.29 is 18.4 Å². The summed E-state index contributed by atoms with van der Waals surface area (Å²) in [5.74, 6) is -1.02. The van der Waals surface area contributed by atoms with Crippen LogP contribution in [0.5, 0.6) is 0 Å². The van der Waals surface area contributed by atoms with Gasteiger partial charge in [-0.1, -0.05) is 37.6 Å². The zero-order chi connectivity index (χ0) is 27.3. The van der Waals surface area contributed by atoms with Crippen LogP contribution in [0.1, 0.15) is 48.4 Å². The Bertz CT molecular complexity index is 1500. The number of aromatic nitrogens is 1. The molecule has 2 aromatic carbocycles. The number of nitriles is 1. The third-order valence-electron chi connectivity index (χ3n) is 5.34. The first-order valence-corrected chi connectivity index (χ1v) is 12.0. The van der Waals surface area contributed by atoms with E-state index in [1.165, 1.54) is 31.3 Å². The number of benzene rings is 2. The van der Waals surface area contributed by atoms with E-state index in [9.17, 15) is 19.2 Å². The van der Waals surface area contributed by atoms with Gasteiger partial charge in [-0.05, 0) is 61.9 Å². The molecule has 0 atom stereocenters. The van der Waals surface area contributed by atoms with Gasteiger partial charge in [0.2, 0.25) is 5.71 Å². The first kappa shape index (κ1) is 27.4. The standard InChI is InChI=1S/C26H20ClFN4O3.C2H6/c1-26(2,13-29)32-23(33)16-6-4-5-15(11-16)18-12-19-20(24(34)30-3)21(35-25(19)31-22(18)27)14-7-9-17(28)10-8-14;1-2/h4-12H,1-3H3,(H,30,34)(H,32,33);1-2H3. The smallest absolute Gasteiger partial charge is 0.255 e. The van der Waals surface area contributed by atoms with E-state index in [0.717, 1.165) is 0 Å². The number of fused-ring (bicyclic) bond motifs is 1. The van der Waals surface area contributed by atoms with Crippen LogP contribution < -0.4 is 10.6 Å². The number of pyridine rings is 1. The minimum absolute atomic E-state index is 0.107. The summed E-state index contributed by atoms with van der Waals surface area (Å²) in [6, 6.07) is 15.9. The molecule has 0 aliphatic heterocycles.